The third kappa shape index (κ3) is 5.03. The van der Waals surface area contributed by atoms with E-state index < -0.39 is 0 Å². The molecule has 2 heterocycles. The summed E-state index contributed by atoms with van der Waals surface area (Å²) >= 11 is 0. The van der Waals surface area contributed by atoms with Gasteiger partial charge in [0.25, 0.3) is 5.91 Å². The number of aromatic amines is 1. The lowest BCUT2D eigenvalue weighted by Crippen LogP contribution is -2.33. The first-order chi connectivity index (χ1) is 17.2. The summed E-state index contributed by atoms with van der Waals surface area (Å²) in [6, 6.07) is 18.9. The summed E-state index contributed by atoms with van der Waals surface area (Å²) in [5.41, 5.74) is 3.45. The number of rotatable bonds is 9. The summed E-state index contributed by atoms with van der Waals surface area (Å²) in [4.78, 5) is 15.1. The Morgan fingerprint density at radius 2 is 1.97 bits per heavy atom. The lowest BCUT2D eigenvalue weighted by Gasteiger charge is -2.22. The Balaban J connectivity index is 1.35. The number of nitrogens with one attached hydrogen (secondary N) is 2. The van der Waals surface area contributed by atoms with Gasteiger partial charge in [-0.3, -0.25) is 14.8 Å². The van der Waals surface area contributed by atoms with Crippen LogP contribution in [0.4, 0.5) is 0 Å². The molecule has 1 amide bonds. The molecule has 1 aliphatic rings. The monoisotopic (exact) mass is 470 g/mol. The van der Waals surface area contributed by atoms with Gasteiger partial charge in [-0.15, -0.1) is 0 Å². The predicted molar refractivity (Wildman–Crippen MR) is 142 cm³/mol. The van der Waals surface area contributed by atoms with Crippen LogP contribution in [0.1, 0.15) is 49.9 Å². The Morgan fingerprint density at radius 3 is 2.83 bits per heavy atom. The average molecular weight is 471 g/mol. The van der Waals surface area contributed by atoms with Crippen LogP contribution in [-0.2, 0) is 0 Å². The second-order valence-corrected chi connectivity index (χ2v) is 9.40. The van der Waals surface area contributed by atoms with Crippen molar-refractivity contribution in [2.24, 2.45) is 0 Å². The molecule has 6 nitrogen and oxygen atoms in total. The van der Waals surface area contributed by atoms with Gasteiger partial charge in [-0.05, 0) is 79.5 Å². The van der Waals surface area contributed by atoms with Crippen molar-refractivity contribution < 1.29 is 9.53 Å². The fraction of sp³-hybridized carbons (Fsp3) is 0.379. The van der Waals surface area contributed by atoms with E-state index in [0.717, 1.165) is 64.7 Å². The molecule has 2 N–H and O–H groups in total. The van der Waals surface area contributed by atoms with Gasteiger partial charge in [-0.2, -0.15) is 5.10 Å². The van der Waals surface area contributed by atoms with Crippen molar-refractivity contribution in [1.82, 2.24) is 20.4 Å². The zero-order chi connectivity index (χ0) is 24.2. The van der Waals surface area contributed by atoms with E-state index in [1.807, 2.05) is 18.2 Å². The van der Waals surface area contributed by atoms with Crippen LogP contribution in [0.25, 0.3) is 32.9 Å². The third-order valence-electron chi connectivity index (χ3n) is 7.07. The normalized spacial score (nSPS) is 16.2. The molecule has 0 unspecified atom stereocenters. The number of carbonyl (C=O) groups excluding carboxylic acids is 1. The number of amides is 1. The molecular formula is C29H34N4O2. The molecule has 0 spiro atoms. The maximum absolute atomic E-state index is 12.6. The third-order valence-corrected chi connectivity index (χ3v) is 7.07. The highest BCUT2D eigenvalue weighted by Gasteiger charge is 2.23. The fourth-order valence-electron chi connectivity index (χ4n) is 5.01. The lowest BCUT2D eigenvalue weighted by molar-refractivity contribution is 0.0953. The summed E-state index contributed by atoms with van der Waals surface area (Å²) < 4.78 is 6.16. The highest BCUT2D eigenvalue weighted by Crippen LogP contribution is 2.31. The smallest absolute Gasteiger partial charge is 0.251 e. The van der Waals surface area contributed by atoms with Crippen LogP contribution in [0.2, 0.25) is 0 Å². The topological polar surface area (TPSA) is 70.2 Å². The van der Waals surface area contributed by atoms with Gasteiger partial charge in [0, 0.05) is 29.1 Å². The minimum atomic E-state index is -0.0433. The molecule has 182 valence electrons. The van der Waals surface area contributed by atoms with Gasteiger partial charge >= 0.3 is 0 Å². The van der Waals surface area contributed by atoms with Gasteiger partial charge in [-0.1, -0.05) is 38.5 Å². The molecule has 1 saturated heterocycles. The number of benzene rings is 3. The maximum Gasteiger partial charge on any atom is 0.251 e. The van der Waals surface area contributed by atoms with Crippen LogP contribution >= 0.6 is 0 Å². The van der Waals surface area contributed by atoms with Crippen LogP contribution in [0, 0.1) is 0 Å². The van der Waals surface area contributed by atoms with Gasteiger partial charge in [0.05, 0.1) is 11.2 Å². The van der Waals surface area contributed by atoms with Gasteiger partial charge in [0.15, 0.2) is 0 Å². The summed E-state index contributed by atoms with van der Waals surface area (Å²) in [5.74, 6) is 0.871. The van der Waals surface area contributed by atoms with E-state index in [1.54, 1.807) is 0 Å². The highest BCUT2D eigenvalue weighted by molar-refractivity contribution is 6.02. The van der Waals surface area contributed by atoms with Crippen molar-refractivity contribution in [2.75, 3.05) is 26.2 Å². The van der Waals surface area contributed by atoms with E-state index in [-0.39, 0.29) is 5.91 Å². The van der Waals surface area contributed by atoms with E-state index in [1.165, 1.54) is 19.4 Å². The second kappa shape index (κ2) is 10.5. The standard InChI is InChI=1S/C29H34N4O2/c1-3-5-14-30-29(34)23-11-13-27-26(18-23)28(32-31-27)22-9-8-21-17-25(12-10-20(21)16-22)35-19-24-7-6-15-33(24)4-2/h8-13,16-18,24H,3-7,14-15,19H2,1-2H3,(H,30,34)(H,31,32)/t24-/m1/s1. The molecule has 0 bridgehead atoms. The van der Waals surface area contributed by atoms with Crippen molar-refractivity contribution >= 4 is 27.6 Å². The molecule has 1 fully saturated rings. The van der Waals surface area contributed by atoms with E-state index in [9.17, 15) is 4.79 Å². The number of aromatic nitrogens is 2. The minimum absolute atomic E-state index is 0.0433. The largest absolute Gasteiger partial charge is 0.492 e. The molecule has 0 saturated carbocycles. The molecular weight excluding hydrogens is 436 g/mol. The number of unbranched alkanes of at least 4 members (excludes halogenated alkanes) is 1. The second-order valence-electron chi connectivity index (χ2n) is 9.40. The Labute approximate surface area is 206 Å². The van der Waals surface area contributed by atoms with Crippen molar-refractivity contribution in [3.63, 3.8) is 0 Å². The Bertz CT molecular complexity index is 1330. The number of H-pyrrole nitrogens is 1. The number of ether oxygens (including phenoxy) is 1. The van der Waals surface area contributed by atoms with Crippen molar-refractivity contribution in [2.45, 2.75) is 45.6 Å². The Kier molecular flexibility index (Phi) is 7.00. The van der Waals surface area contributed by atoms with Crippen LogP contribution in [0.3, 0.4) is 0 Å². The fourth-order valence-corrected chi connectivity index (χ4v) is 5.01. The zero-order valence-corrected chi connectivity index (χ0v) is 20.6. The average Bonchev–Trinajstić information content (AvgIpc) is 3.53. The van der Waals surface area contributed by atoms with Gasteiger partial charge in [-0.25, -0.2) is 0 Å². The van der Waals surface area contributed by atoms with Crippen molar-refractivity contribution in [1.29, 1.82) is 0 Å². The summed E-state index contributed by atoms with van der Waals surface area (Å²) in [6.07, 6.45) is 4.51. The molecule has 3 aromatic carbocycles. The van der Waals surface area contributed by atoms with Crippen LogP contribution < -0.4 is 10.1 Å². The van der Waals surface area contributed by atoms with Gasteiger partial charge < -0.3 is 10.1 Å². The van der Waals surface area contributed by atoms with Crippen LogP contribution in [-0.4, -0.2) is 53.3 Å². The Morgan fingerprint density at radius 1 is 1.11 bits per heavy atom. The number of hydrogen-bond donors (Lipinski definition) is 2. The van der Waals surface area contributed by atoms with Crippen LogP contribution in [0.5, 0.6) is 5.75 Å². The van der Waals surface area contributed by atoms with E-state index in [2.05, 4.69) is 70.7 Å². The molecule has 0 aliphatic carbocycles. The molecule has 0 radical (unpaired) electrons. The number of likely N-dealkylation sites (N-methyl/N-ethyl adjacent to an activating group) is 1. The summed E-state index contributed by atoms with van der Waals surface area (Å²) in [6.45, 7) is 8.03. The van der Waals surface area contributed by atoms with Crippen molar-refractivity contribution in [3.05, 3.63) is 60.2 Å². The number of likely N-dealkylation sites (tertiary alicyclic amines) is 1. The van der Waals surface area contributed by atoms with Crippen LogP contribution in [0.15, 0.2) is 54.6 Å². The minimum Gasteiger partial charge on any atom is -0.492 e. The molecule has 1 aliphatic heterocycles. The lowest BCUT2D eigenvalue weighted by atomic mass is 10.0. The Hall–Kier alpha value is -3.38. The SMILES string of the molecule is CCCCNC(=O)c1ccc2[nH]nc(-c3ccc4cc(OC[C@H]5CCCN5CC)ccc4c3)c2c1. The molecule has 1 atom stereocenters. The van der Waals surface area contributed by atoms with E-state index in [0.29, 0.717) is 18.2 Å². The first-order valence-electron chi connectivity index (χ1n) is 12.8. The van der Waals surface area contributed by atoms with E-state index >= 15 is 0 Å². The first-order valence-corrected chi connectivity index (χ1v) is 12.8. The van der Waals surface area contributed by atoms with E-state index in [4.69, 9.17) is 4.74 Å². The summed E-state index contributed by atoms with van der Waals surface area (Å²) in [5, 5.41) is 13.9. The van der Waals surface area contributed by atoms with Gasteiger partial charge in [0.1, 0.15) is 12.4 Å². The molecule has 4 aromatic rings. The predicted octanol–water partition coefficient (Wildman–Crippen LogP) is 5.78. The van der Waals surface area contributed by atoms with Gasteiger partial charge in [0.2, 0.25) is 0 Å². The first kappa shape index (κ1) is 23.4. The number of nitrogens with zero attached hydrogens (tertiary/aromatic N) is 2. The molecule has 35 heavy (non-hydrogen) atoms. The summed E-state index contributed by atoms with van der Waals surface area (Å²) in [7, 11) is 0. The quantitative estimate of drug-likeness (QED) is 0.304. The molecule has 1 aromatic heterocycles. The maximum atomic E-state index is 12.6. The number of hydrogen-bond acceptors (Lipinski definition) is 4. The molecule has 6 heteroatoms. The number of fused-ring (bicyclic) bond motifs is 2. The highest BCUT2D eigenvalue weighted by atomic mass is 16.5. The zero-order valence-electron chi connectivity index (χ0n) is 20.6. The van der Waals surface area contributed by atoms with Crippen molar-refractivity contribution in [3.8, 4) is 17.0 Å². The number of carbonyl (C=O) groups is 1. The molecule has 5 rings (SSSR count).